The van der Waals surface area contributed by atoms with Crippen molar-refractivity contribution in [3.63, 3.8) is 0 Å². The van der Waals surface area contributed by atoms with Gasteiger partial charge in [0, 0.05) is 24.7 Å². The molecule has 3 rings (SSSR count). The Kier molecular flexibility index (Phi) is 4.42. The third-order valence-corrected chi connectivity index (χ3v) is 4.06. The highest BCUT2D eigenvalue weighted by atomic mass is 16.5. The first-order valence-corrected chi connectivity index (χ1v) is 7.68. The Morgan fingerprint density at radius 1 is 1.00 bits per heavy atom. The van der Waals surface area contributed by atoms with E-state index in [1.807, 2.05) is 36.4 Å². The maximum Gasteiger partial charge on any atom is 0.297 e. The van der Waals surface area contributed by atoms with Crippen molar-refractivity contribution in [3.05, 3.63) is 64.4 Å². The second-order valence-electron chi connectivity index (χ2n) is 5.50. The molecule has 0 bridgehead atoms. The van der Waals surface area contributed by atoms with E-state index in [4.69, 9.17) is 9.47 Å². The van der Waals surface area contributed by atoms with Gasteiger partial charge in [-0.15, -0.1) is 0 Å². The molecule has 5 heteroatoms. The molecule has 0 spiro atoms. The molecule has 0 saturated carbocycles. The number of rotatable bonds is 5. The minimum absolute atomic E-state index is 0.220. The van der Waals surface area contributed by atoms with Gasteiger partial charge in [-0.25, -0.2) is 0 Å². The summed E-state index contributed by atoms with van der Waals surface area (Å²) in [6, 6.07) is 16.0. The number of hydrogen-bond donors (Lipinski definition) is 1. The van der Waals surface area contributed by atoms with Crippen molar-refractivity contribution < 1.29 is 9.47 Å². The molecule has 2 aromatic carbocycles. The minimum atomic E-state index is -0.220. The maximum atomic E-state index is 12.4. The monoisotopic (exact) mass is 324 g/mol. The van der Waals surface area contributed by atoms with E-state index in [0.717, 1.165) is 16.6 Å². The molecule has 0 atom stereocenters. The van der Waals surface area contributed by atoms with Crippen molar-refractivity contribution >= 4 is 16.6 Å². The molecule has 0 aliphatic carbocycles. The molecule has 1 heterocycles. The van der Waals surface area contributed by atoms with Gasteiger partial charge in [-0.2, -0.15) is 0 Å². The van der Waals surface area contributed by atoms with Crippen molar-refractivity contribution in [3.8, 4) is 11.5 Å². The number of benzene rings is 2. The van der Waals surface area contributed by atoms with Crippen LogP contribution in [0.1, 0.15) is 5.56 Å². The van der Waals surface area contributed by atoms with E-state index in [-0.39, 0.29) is 11.3 Å². The van der Waals surface area contributed by atoms with Gasteiger partial charge in [0.2, 0.25) is 5.75 Å². The molecule has 0 aliphatic rings. The molecular formula is C19H20N2O3. The average molecular weight is 324 g/mol. The standard InChI is InChI=1S/C19H20N2O3/c1-21-16-11-14(20-12-13-7-5-4-6-8-13)9-10-15(16)17(23-2)18(24-3)19(21)22/h4-11,20H,12H2,1-3H3. The van der Waals surface area contributed by atoms with Gasteiger partial charge in [-0.05, 0) is 23.8 Å². The molecule has 0 radical (unpaired) electrons. The molecule has 3 aromatic rings. The van der Waals surface area contributed by atoms with Crippen molar-refractivity contribution in [2.24, 2.45) is 7.05 Å². The SMILES string of the molecule is COc1c(OC)c2ccc(NCc3ccccc3)cc2n(C)c1=O. The fourth-order valence-corrected chi connectivity index (χ4v) is 2.77. The molecule has 0 saturated heterocycles. The van der Waals surface area contributed by atoms with Crippen LogP contribution in [-0.2, 0) is 13.6 Å². The summed E-state index contributed by atoms with van der Waals surface area (Å²) in [6.07, 6.45) is 0. The molecule has 0 unspecified atom stereocenters. The molecule has 5 nitrogen and oxygen atoms in total. The zero-order valence-electron chi connectivity index (χ0n) is 14.0. The van der Waals surface area contributed by atoms with Gasteiger partial charge in [0.25, 0.3) is 5.56 Å². The van der Waals surface area contributed by atoms with Crippen LogP contribution in [0.2, 0.25) is 0 Å². The molecule has 0 aliphatic heterocycles. The number of pyridine rings is 1. The fourth-order valence-electron chi connectivity index (χ4n) is 2.77. The highest BCUT2D eigenvalue weighted by Crippen LogP contribution is 2.33. The first-order chi connectivity index (χ1) is 11.7. The van der Waals surface area contributed by atoms with Crippen LogP contribution in [0.4, 0.5) is 5.69 Å². The van der Waals surface area contributed by atoms with Crippen LogP contribution in [0.3, 0.4) is 0 Å². The quantitative estimate of drug-likeness (QED) is 0.783. The summed E-state index contributed by atoms with van der Waals surface area (Å²) in [7, 11) is 4.74. The molecular weight excluding hydrogens is 304 g/mol. The van der Waals surface area contributed by atoms with Crippen molar-refractivity contribution in [1.82, 2.24) is 4.57 Å². The summed E-state index contributed by atoms with van der Waals surface area (Å²) in [5.74, 6) is 0.683. The van der Waals surface area contributed by atoms with Crippen LogP contribution in [0, 0.1) is 0 Å². The summed E-state index contributed by atoms with van der Waals surface area (Å²) in [4.78, 5) is 12.4. The van der Waals surface area contributed by atoms with E-state index >= 15 is 0 Å². The molecule has 124 valence electrons. The van der Waals surface area contributed by atoms with Crippen LogP contribution in [0.15, 0.2) is 53.3 Å². The van der Waals surface area contributed by atoms with Crippen LogP contribution in [0.25, 0.3) is 10.9 Å². The topological polar surface area (TPSA) is 52.5 Å². The third-order valence-electron chi connectivity index (χ3n) is 4.06. The predicted octanol–water partition coefficient (Wildman–Crippen LogP) is 3.17. The van der Waals surface area contributed by atoms with Gasteiger partial charge >= 0.3 is 0 Å². The zero-order valence-corrected chi connectivity index (χ0v) is 14.0. The van der Waals surface area contributed by atoms with Crippen LogP contribution in [-0.4, -0.2) is 18.8 Å². The van der Waals surface area contributed by atoms with E-state index in [1.165, 1.54) is 19.8 Å². The van der Waals surface area contributed by atoms with E-state index in [2.05, 4.69) is 17.4 Å². The van der Waals surface area contributed by atoms with Gasteiger partial charge in [-0.1, -0.05) is 30.3 Å². The molecule has 1 N–H and O–H groups in total. The Balaban J connectivity index is 2.02. The summed E-state index contributed by atoms with van der Waals surface area (Å²) >= 11 is 0. The van der Waals surface area contributed by atoms with Gasteiger partial charge in [0.15, 0.2) is 5.75 Å². The molecule has 0 amide bonds. The van der Waals surface area contributed by atoms with E-state index in [9.17, 15) is 4.79 Å². The average Bonchev–Trinajstić information content (AvgIpc) is 2.63. The summed E-state index contributed by atoms with van der Waals surface area (Å²) in [5.41, 5.74) is 2.70. The number of nitrogens with one attached hydrogen (secondary N) is 1. The molecule has 0 fully saturated rings. The normalized spacial score (nSPS) is 10.6. The number of hydrogen-bond acceptors (Lipinski definition) is 4. The maximum absolute atomic E-state index is 12.4. The van der Waals surface area contributed by atoms with Gasteiger partial charge in [-0.3, -0.25) is 4.79 Å². The highest BCUT2D eigenvalue weighted by molar-refractivity contribution is 5.90. The Bertz CT molecular complexity index is 917. The number of fused-ring (bicyclic) bond motifs is 1. The van der Waals surface area contributed by atoms with Crippen molar-refractivity contribution in [1.29, 1.82) is 0 Å². The summed E-state index contributed by atoms with van der Waals surface area (Å²) in [5, 5.41) is 4.21. The second-order valence-corrected chi connectivity index (χ2v) is 5.50. The van der Waals surface area contributed by atoms with Crippen LogP contribution in [0.5, 0.6) is 11.5 Å². The Hall–Kier alpha value is -2.95. The summed E-state index contributed by atoms with van der Waals surface area (Å²) < 4.78 is 12.2. The Morgan fingerprint density at radius 2 is 1.71 bits per heavy atom. The number of methoxy groups -OCH3 is 2. The Morgan fingerprint density at radius 3 is 2.38 bits per heavy atom. The first kappa shape index (κ1) is 15.9. The lowest BCUT2D eigenvalue weighted by Crippen LogP contribution is -2.20. The van der Waals surface area contributed by atoms with Crippen LogP contribution >= 0.6 is 0 Å². The third kappa shape index (κ3) is 2.80. The predicted molar refractivity (Wildman–Crippen MR) is 96.1 cm³/mol. The first-order valence-electron chi connectivity index (χ1n) is 7.68. The number of ether oxygens (including phenoxy) is 2. The Labute approximate surface area is 140 Å². The fraction of sp³-hybridized carbons (Fsp3) is 0.211. The second kappa shape index (κ2) is 6.66. The number of aromatic nitrogens is 1. The zero-order chi connectivity index (χ0) is 17.1. The molecule has 1 aromatic heterocycles. The van der Waals surface area contributed by atoms with Crippen LogP contribution < -0.4 is 20.3 Å². The number of nitrogens with zero attached hydrogens (tertiary/aromatic N) is 1. The van der Waals surface area contributed by atoms with Crippen molar-refractivity contribution in [2.75, 3.05) is 19.5 Å². The lowest BCUT2D eigenvalue weighted by Gasteiger charge is -2.15. The number of aryl methyl sites for hydroxylation is 1. The van der Waals surface area contributed by atoms with Crippen molar-refractivity contribution in [2.45, 2.75) is 6.54 Å². The molecule has 24 heavy (non-hydrogen) atoms. The highest BCUT2D eigenvalue weighted by Gasteiger charge is 2.16. The largest absolute Gasteiger partial charge is 0.492 e. The van der Waals surface area contributed by atoms with Gasteiger partial charge in [0.05, 0.1) is 19.7 Å². The lowest BCUT2D eigenvalue weighted by molar-refractivity contribution is 0.352. The smallest absolute Gasteiger partial charge is 0.297 e. The van der Waals surface area contributed by atoms with E-state index in [1.54, 1.807) is 11.6 Å². The summed E-state index contributed by atoms with van der Waals surface area (Å²) in [6.45, 7) is 0.716. The van der Waals surface area contributed by atoms with E-state index < -0.39 is 0 Å². The van der Waals surface area contributed by atoms with E-state index in [0.29, 0.717) is 12.3 Å². The minimum Gasteiger partial charge on any atom is -0.492 e. The lowest BCUT2D eigenvalue weighted by atomic mass is 10.1. The number of anilines is 1. The van der Waals surface area contributed by atoms with Gasteiger partial charge < -0.3 is 19.4 Å². The van der Waals surface area contributed by atoms with Gasteiger partial charge in [0.1, 0.15) is 0 Å².